The molecule has 0 bridgehead atoms. The highest BCUT2D eigenvalue weighted by Gasteiger charge is 2.27. The molecule has 1 aliphatic heterocycles. The molecule has 0 saturated carbocycles. The molecule has 0 spiro atoms. The first-order valence-electron chi connectivity index (χ1n) is 6.51. The van der Waals surface area contributed by atoms with Crippen molar-refractivity contribution in [2.24, 2.45) is 4.99 Å². The van der Waals surface area contributed by atoms with Gasteiger partial charge in [0.05, 0.1) is 6.20 Å². The van der Waals surface area contributed by atoms with Gasteiger partial charge in [-0.05, 0) is 26.2 Å². The van der Waals surface area contributed by atoms with Crippen molar-refractivity contribution in [3.05, 3.63) is 12.4 Å². The molecule has 0 amide bonds. The zero-order valence-corrected chi connectivity index (χ0v) is 11.9. The highest BCUT2D eigenvalue weighted by atomic mass is 32.2. The third-order valence-corrected chi connectivity index (χ3v) is 4.27. The van der Waals surface area contributed by atoms with Crippen molar-refractivity contribution in [3.8, 4) is 0 Å². The number of amidine groups is 1. The van der Waals surface area contributed by atoms with Gasteiger partial charge in [0.2, 0.25) is 0 Å². The maximum absolute atomic E-state index is 4.63. The number of aromatic nitrogens is 3. The lowest BCUT2D eigenvalue weighted by atomic mass is 9.96. The van der Waals surface area contributed by atoms with E-state index in [2.05, 4.69) is 34.5 Å². The van der Waals surface area contributed by atoms with Crippen molar-refractivity contribution >= 4 is 16.9 Å². The molecule has 0 aromatic carbocycles. The maximum Gasteiger partial charge on any atom is 0.156 e. The van der Waals surface area contributed by atoms with Crippen molar-refractivity contribution in [3.63, 3.8) is 0 Å². The Bertz CT molecular complexity index is 389. The minimum absolute atomic E-state index is 0.232. The van der Waals surface area contributed by atoms with Gasteiger partial charge in [-0.2, -0.15) is 0 Å². The largest absolute Gasteiger partial charge is 0.360 e. The van der Waals surface area contributed by atoms with E-state index in [1.54, 1.807) is 6.20 Å². The number of hydrogen-bond acceptors (Lipinski definition) is 4. The molecule has 2 rings (SSSR count). The van der Waals surface area contributed by atoms with Gasteiger partial charge in [0.1, 0.15) is 0 Å². The highest BCUT2D eigenvalue weighted by molar-refractivity contribution is 8.13. The molecular weight excluding hydrogens is 246 g/mol. The molecule has 0 aliphatic carbocycles. The zero-order valence-electron chi connectivity index (χ0n) is 11.1. The number of aliphatic imine (C=N–C) groups is 1. The van der Waals surface area contributed by atoms with E-state index in [1.807, 2.05) is 22.6 Å². The second kappa shape index (κ2) is 6.22. The standard InChI is InChI=1S/C12H21N5S/c1-3-12(2)5-10-18-11(15-12)13-6-4-8-17-9-7-14-16-17/h7,9H,3-6,8,10H2,1-2H3,(H,13,15). The molecule has 100 valence electrons. The van der Waals surface area contributed by atoms with Crippen LogP contribution in [0.5, 0.6) is 0 Å². The topological polar surface area (TPSA) is 55.1 Å². The summed E-state index contributed by atoms with van der Waals surface area (Å²) in [6, 6.07) is 0. The first kappa shape index (κ1) is 13.4. The number of aryl methyl sites for hydroxylation is 1. The second-order valence-electron chi connectivity index (χ2n) is 4.84. The fourth-order valence-electron chi connectivity index (χ4n) is 1.85. The van der Waals surface area contributed by atoms with Crippen LogP contribution in [0, 0.1) is 0 Å². The van der Waals surface area contributed by atoms with Gasteiger partial charge in [-0.1, -0.05) is 23.9 Å². The summed E-state index contributed by atoms with van der Waals surface area (Å²) in [4.78, 5) is 4.63. The van der Waals surface area contributed by atoms with Gasteiger partial charge in [-0.25, -0.2) is 0 Å². The smallest absolute Gasteiger partial charge is 0.156 e. The number of rotatable bonds is 5. The van der Waals surface area contributed by atoms with Crippen LogP contribution in [0.25, 0.3) is 0 Å². The SMILES string of the molecule is CCC1(C)CCSC(=NCCCn2ccnn2)N1. The summed E-state index contributed by atoms with van der Waals surface area (Å²) in [5.41, 5.74) is 0.232. The van der Waals surface area contributed by atoms with Crippen LogP contribution < -0.4 is 5.32 Å². The molecule has 6 heteroatoms. The number of hydrogen-bond donors (Lipinski definition) is 1. The summed E-state index contributed by atoms with van der Waals surface area (Å²) >= 11 is 1.83. The number of nitrogens with zero attached hydrogens (tertiary/aromatic N) is 4. The van der Waals surface area contributed by atoms with E-state index in [0.717, 1.165) is 31.1 Å². The predicted molar refractivity (Wildman–Crippen MR) is 75.8 cm³/mol. The Morgan fingerprint density at radius 2 is 2.50 bits per heavy atom. The Morgan fingerprint density at radius 1 is 1.61 bits per heavy atom. The lowest BCUT2D eigenvalue weighted by Gasteiger charge is -2.35. The van der Waals surface area contributed by atoms with Crippen LogP contribution in [0.3, 0.4) is 0 Å². The molecule has 1 fully saturated rings. The first-order valence-corrected chi connectivity index (χ1v) is 7.50. The normalized spacial score (nSPS) is 26.2. The van der Waals surface area contributed by atoms with Crippen molar-refractivity contribution in [1.82, 2.24) is 20.3 Å². The highest BCUT2D eigenvalue weighted by Crippen LogP contribution is 2.24. The molecule has 5 nitrogen and oxygen atoms in total. The minimum Gasteiger partial charge on any atom is -0.360 e. The van der Waals surface area contributed by atoms with Crippen molar-refractivity contribution in [2.75, 3.05) is 12.3 Å². The van der Waals surface area contributed by atoms with Crippen molar-refractivity contribution < 1.29 is 0 Å². The Hall–Kier alpha value is -1.04. The molecule has 1 saturated heterocycles. The molecule has 0 radical (unpaired) electrons. The van der Waals surface area contributed by atoms with Crippen LogP contribution in [0.15, 0.2) is 17.4 Å². The average Bonchev–Trinajstić information content (AvgIpc) is 2.88. The third kappa shape index (κ3) is 3.73. The average molecular weight is 267 g/mol. The Balaban J connectivity index is 1.75. The number of nitrogens with one attached hydrogen (secondary N) is 1. The van der Waals surface area contributed by atoms with Gasteiger partial charge in [-0.15, -0.1) is 5.10 Å². The van der Waals surface area contributed by atoms with Gasteiger partial charge in [-0.3, -0.25) is 9.67 Å². The van der Waals surface area contributed by atoms with Crippen molar-refractivity contribution in [1.29, 1.82) is 0 Å². The second-order valence-corrected chi connectivity index (χ2v) is 5.93. The molecule has 1 atom stereocenters. The zero-order chi connectivity index (χ0) is 12.8. The van der Waals surface area contributed by atoms with E-state index in [4.69, 9.17) is 0 Å². The molecule has 1 unspecified atom stereocenters. The van der Waals surface area contributed by atoms with Crippen LogP contribution in [-0.4, -0.2) is 38.0 Å². The summed E-state index contributed by atoms with van der Waals surface area (Å²) in [6.45, 7) is 6.23. The molecule has 1 N–H and O–H groups in total. The van der Waals surface area contributed by atoms with E-state index in [1.165, 1.54) is 12.2 Å². The van der Waals surface area contributed by atoms with Gasteiger partial charge < -0.3 is 5.32 Å². The summed E-state index contributed by atoms with van der Waals surface area (Å²) in [7, 11) is 0. The van der Waals surface area contributed by atoms with Crippen LogP contribution in [0.2, 0.25) is 0 Å². The van der Waals surface area contributed by atoms with Crippen LogP contribution in [0.1, 0.15) is 33.1 Å². The first-order chi connectivity index (χ1) is 8.72. The Kier molecular flexibility index (Phi) is 4.63. The van der Waals surface area contributed by atoms with Gasteiger partial charge in [0, 0.05) is 30.6 Å². The fourth-order valence-corrected chi connectivity index (χ4v) is 3.09. The molecule has 1 aromatic heterocycles. The monoisotopic (exact) mass is 267 g/mol. The van der Waals surface area contributed by atoms with Crippen LogP contribution in [-0.2, 0) is 6.54 Å². The molecule has 1 aromatic rings. The summed E-state index contributed by atoms with van der Waals surface area (Å²) in [5, 5.41) is 12.4. The van der Waals surface area contributed by atoms with Gasteiger partial charge in [0.25, 0.3) is 0 Å². The maximum atomic E-state index is 4.63. The van der Waals surface area contributed by atoms with E-state index < -0.39 is 0 Å². The molecule has 1 aliphatic rings. The van der Waals surface area contributed by atoms with E-state index in [-0.39, 0.29) is 5.54 Å². The van der Waals surface area contributed by atoms with Gasteiger partial charge in [0.15, 0.2) is 5.17 Å². The third-order valence-electron chi connectivity index (χ3n) is 3.35. The summed E-state index contributed by atoms with van der Waals surface area (Å²) < 4.78 is 1.85. The Labute approximate surface area is 112 Å². The van der Waals surface area contributed by atoms with Crippen LogP contribution >= 0.6 is 11.8 Å². The molecular formula is C12H21N5S. The van der Waals surface area contributed by atoms with Crippen LogP contribution in [0.4, 0.5) is 0 Å². The van der Waals surface area contributed by atoms with E-state index in [0.29, 0.717) is 0 Å². The molecule has 18 heavy (non-hydrogen) atoms. The summed E-state index contributed by atoms with van der Waals surface area (Å²) in [5.74, 6) is 1.17. The van der Waals surface area contributed by atoms with Gasteiger partial charge >= 0.3 is 0 Å². The molecule has 2 heterocycles. The van der Waals surface area contributed by atoms with E-state index in [9.17, 15) is 0 Å². The quantitative estimate of drug-likeness (QED) is 0.828. The summed E-state index contributed by atoms with van der Waals surface area (Å²) in [6.07, 6.45) is 6.95. The lowest BCUT2D eigenvalue weighted by molar-refractivity contribution is 0.389. The lowest BCUT2D eigenvalue weighted by Crippen LogP contribution is -2.48. The van der Waals surface area contributed by atoms with Crippen molar-refractivity contribution in [2.45, 2.75) is 45.2 Å². The minimum atomic E-state index is 0.232. The fraction of sp³-hybridized carbons (Fsp3) is 0.750. The number of thioether (sulfide) groups is 1. The predicted octanol–water partition coefficient (Wildman–Crippen LogP) is 1.92. The Morgan fingerprint density at radius 3 is 3.22 bits per heavy atom. The van der Waals surface area contributed by atoms with E-state index >= 15 is 0 Å².